The average molecular weight is 378 g/mol. The van der Waals surface area contributed by atoms with E-state index in [-0.39, 0.29) is 37.2 Å². The molecule has 2 rings (SSSR count). The summed E-state index contributed by atoms with van der Waals surface area (Å²) in [7, 11) is -0.502. The normalized spacial score (nSPS) is 21.0. The van der Waals surface area contributed by atoms with E-state index in [0.717, 1.165) is 9.87 Å². The first-order valence-corrected chi connectivity index (χ1v) is 9.02. The van der Waals surface area contributed by atoms with Crippen molar-refractivity contribution >= 4 is 28.3 Å². The van der Waals surface area contributed by atoms with Crippen LogP contribution in [0.4, 0.5) is 0 Å². The lowest BCUT2D eigenvalue weighted by Gasteiger charge is -2.18. The van der Waals surface area contributed by atoms with Gasteiger partial charge in [0.15, 0.2) is 0 Å². The van der Waals surface area contributed by atoms with Gasteiger partial charge in [0.1, 0.15) is 0 Å². The number of likely N-dealkylation sites (tertiary alicyclic amines) is 1. The average Bonchev–Trinajstić information content (AvgIpc) is 2.87. The zero-order chi connectivity index (χ0) is 17.2. The van der Waals surface area contributed by atoms with E-state index in [1.165, 1.54) is 19.0 Å². The van der Waals surface area contributed by atoms with Gasteiger partial charge in [0.05, 0.1) is 11.9 Å². The van der Waals surface area contributed by atoms with Gasteiger partial charge in [0.2, 0.25) is 10.0 Å². The Bertz CT molecular complexity index is 664. The molecule has 0 bridgehead atoms. The lowest BCUT2D eigenvalue weighted by atomic mass is 10.1. The zero-order valence-corrected chi connectivity index (χ0v) is 15.4. The molecule has 1 saturated heterocycles. The van der Waals surface area contributed by atoms with Crippen LogP contribution in [0.25, 0.3) is 0 Å². The van der Waals surface area contributed by atoms with E-state index >= 15 is 0 Å². The lowest BCUT2D eigenvalue weighted by molar-refractivity contribution is 0.0764. The van der Waals surface area contributed by atoms with Crippen molar-refractivity contribution in [1.29, 1.82) is 0 Å². The van der Waals surface area contributed by atoms with Crippen LogP contribution >= 0.6 is 12.4 Å². The van der Waals surface area contributed by atoms with E-state index in [4.69, 9.17) is 5.73 Å². The molecule has 0 unspecified atom stereocenters. The summed E-state index contributed by atoms with van der Waals surface area (Å²) in [6, 6.07) is 6.96. The smallest absolute Gasteiger partial charge is 0.253 e. The van der Waals surface area contributed by atoms with Gasteiger partial charge in [-0.05, 0) is 17.7 Å². The van der Waals surface area contributed by atoms with Gasteiger partial charge in [-0.15, -0.1) is 12.4 Å². The number of sulfonamides is 1. The fraction of sp³-hybridized carbons (Fsp3) is 0.533. The minimum Gasteiger partial charge on any atom is -0.391 e. The summed E-state index contributed by atoms with van der Waals surface area (Å²) >= 11 is 0. The first kappa shape index (κ1) is 20.9. The summed E-state index contributed by atoms with van der Waals surface area (Å²) in [4.78, 5) is 14.0. The Morgan fingerprint density at radius 1 is 1.29 bits per heavy atom. The molecule has 136 valence electrons. The third-order valence-corrected chi connectivity index (χ3v) is 6.07. The number of β-amino-alcohol motifs (C(OH)–C–C–N with tert-alkyl or cyclic N) is 1. The van der Waals surface area contributed by atoms with Gasteiger partial charge in [0.25, 0.3) is 5.91 Å². The third kappa shape index (κ3) is 4.67. The van der Waals surface area contributed by atoms with Crippen molar-refractivity contribution < 1.29 is 18.3 Å². The Hall–Kier alpha value is -1.19. The molecule has 0 radical (unpaired) electrons. The van der Waals surface area contributed by atoms with E-state index in [2.05, 4.69) is 0 Å². The minimum atomic E-state index is -3.42. The summed E-state index contributed by atoms with van der Waals surface area (Å²) < 4.78 is 25.0. The summed E-state index contributed by atoms with van der Waals surface area (Å²) in [6.45, 7) is 0.776. The molecule has 0 aromatic heterocycles. The van der Waals surface area contributed by atoms with Crippen molar-refractivity contribution in [3.63, 3.8) is 0 Å². The maximum absolute atomic E-state index is 12.5. The number of rotatable bonds is 5. The topological polar surface area (TPSA) is 104 Å². The predicted octanol–water partition coefficient (Wildman–Crippen LogP) is -0.109. The number of halogens is 1. The Morgan fingerprint density at radius 3 is 2.38 bits per heavy atom. The van der Waals surface area contributed by atoms with E-state index in [9.17, 15) is 18.3 Å². The van der Waals surface area contributed by atoms with Crippen molar-refractivity contribution in [3.05, 3.63) is 35.4 Å². The molecule has 7 nitrogen and oxygen atoms in total. The van der Waals surface area contributed by atoms with Gasteiger partial charge in [-0.3, -0.25) is 4.79 Å². The first-order chi connectivity index (χ1) is 10.7. The van der Waals surface area contributed by atoms with Gasteiger partial charge in [-0.2, -0.15) is 0 Å². The van der Waals surface area contributed by atoms with Crippen LogP contribution in [0.2, 0.25) is 0 Å². The number of aliphatic hydroxyl groups excluding tert-OH is 1. The fourth-order valence-electron chi connectivity index (χ4n) is 2.57. The number of nitrogens with two attached hydrogens (primary N) is 1. The molecule has 9 heteroatoms. The van der Waals surface area contributed by atoms with Crippen molar-refractivity contribution in [1.82, 2.24) is 9.21 Å². The molecule has 1 heterocycles. The molecule has 1 aliphatic rings. The molecule has 0 spiro atoms. The number of hydrogen-bond donors (Lipinski definition) is 2. The van der Waals surface area contributed by atoms with Crippen molar-refractivity contribution in [2.24, 2.45) is 11.7 Å². The van der Waals surface area contributed by atoms with Crippen LogP contribution in [-0.2, 0) is 16.6 Å². The highest BCUT2D eigenvalue weighted by atomic mass is 35.5. The summed E-state index contributed by atoms with van der Waals surface area (Å²) in [5.74, 6) is -0.858. The summed E-state index contributed by atoms with van der Waals surface area (Å²) in [6.07, 6.45) is -0.836. The molecule has 3 N–H and O–H groups in total. The molecule has 1 fully saturated rings. The van der Waals surface area contributed by atoms with Crippen molar-refractivity contribution in [2.75, 3.05) is 32.9 Å². The third-order valence-electron chi connectivity index (χ3n) is 4.11. The van der Waals surface area contributed by atoms with E-state index < -0.39 is 22.0 Å². The van der Waals surface area contributed by atoms with Gasteiger partial charge in [0, 0.05) is 45.2 Å². The number of carbonyl (C=O) groups is 1. The number of hydrogen-bond acceptors (Lipinski definition) is 5. The Balaban J connectivity index is 0.00000288. The molecular weight excluding hydrogens is 354 g/mol. The van der Waals surface area contributed by atoms with Crippen molar-refractivity contribution in [3.8, 4) is 0 Å². The Morgan fingerprint density at radius 2 is 1.88 bits per heavy atom. The zero-order valence-electron chi connectivity index (χ0n) is 13.8. The predicted molar refractivity (Wildman–Crippen MR) is 94.5 cm³/mol. The standard InChI is InChI=1S/C15H23N3O4S.ClH/c1-17(2)23(21,22)10-13-8-18(9-14(13)19)15(20)12-5-3-11(7-16)4-6-12;/h3-6,13-14,19H,7-10,16H2,1-2H3;1H/t13-,14+;/m0./s1. The Labute approximate surface area is 148 Å². The second-order valence-corrected chi connectivity index (χ2v) is 8.23. The van der Waals surface area contributed by atoms with Crippen LogP contribution in [0.1, 0.15) is 15.9 Å². The minimum absolute atomic E-state index is 0. The monoisotopic (exact) mass is 377 g/mol. The van der Waals surface area contributed by atoms with Crippen LogP contribution in [0, 0.1) is 5.92 Å². The molecule has 1 amide bonds. The first-order valence-electron chi connectivity index (χ1n) is 7.41. The lowest BCUT2D eigenvalue weighted by Crippen LogP contribution is -2.33. The van der Waals surface area contributed by atoms with Gasteiger partial charge < -0.3 is 15.7 Å². The van der Waals surface area contributed by atoms with E-state index in [0.29, 0.717) is 12.1 Å². The van der Waals surface area contributed by atoms with Crippen molar-refractivity contribution in [2.45, 2.75) is 12.6 Å². The number of nitrogens with zero attached hydrogens (tertiary/aromatic N) is 2. The van der Waals surface area contributed by atoms with Crippen LogP contribution in [-0.4, -0.2) is 67.7 Å². The SMILES string of the molecule is CN(C)S(=O)(=O)C[C@@H]1CN(C(=O)c2ccc(CN)cc2)C[C@H]1O.Cl. The maximum Gasteiger partial charge on any atom is 0.253 e. The molecule has 2 atom stereocenters. The van der Waals surface area contributed by atoms with Gasteiger partial charge in [-0.25, -0.2) is 12.7 Å². The summed E-state index contributed by atoms with van der Waals surface area (Å²) in [5, 5.41) is 10.1. The number of aliphatic hydroxyl groups is 1. The van der Waals surface area contributed by atoms with Crippen LogP contribution in [0.5, 0.6) is 0 Å². The van der Waals surface area contributed by atoms with Crippen LogP contribution < -0.4 is 5.73 Å². The van der Waals surface area contributed by atoms with Gasteiger partial charge >= 0.3 is 0 Å². The Kier molecular flexibility index (Phi) is 7.18. The molecule has 0 saturated carbocycles. The van der Waals surface area contributed by atoms with Gasteiger partial charge in [-0.1, -0.05) is 12.1 Å². The highest BCUT2D eigenvalue weighted by molar-refractivity contribution is 7.89. The molecule has 0 aliphatic carbocycles. The largest absolute Gasteiger partial charge is 0.391 e. The second-order valence-electron chi connectivity index (χ2n) is 6.00. The molecule has 1 aliphatic heterocycles. The molecular formula is C15H24ClN3O4S. The quantitative estimate of drug-likeness (QED) is 0.745. The fourth-order valence-corrected chi connectivity index (χ4v) is 3.74. The second kappa shape index (κ2) is 8.26. The highest BCUT2D eigenvalue weighted by Crippen LogP contribution is 2.22. The molecule has 1 aromatic carbocycles. The van der Waals surface area contributed by atoms with Crippen LogP contribution in [0.15, 0.2) is 24.3 Å². The van der Waals surface area contributed by atoms with Crippen LogP contribution in [0.3, 0.4) is 0 Å². The number of amides is 1. The highest BCUT2D eigenvalue weighted by Gasteiger charge is 2.37. The summed E-state index contributed by atoms with van der Waals surface area (Å²) in [5.41, 5.74) is 6.96. The molecule has 24 heavy (non-hydrogen) atoms. The maximum atomic E-state index is 12.5. The number of benzene rings is 1. The molecule has 1 aromatic rings. The van der Waals surface area contributed by atoms with E-state index in [1.54, 1.807) is 24.3 Å². The number of carbonyl (C=O) groups excluding carboxylic acids is 1. The van der Waals surface area contributed by atoms with E-state index in [1.807, 2.05) is 0 Å².